The van der Waals surface area contributed by atoms with Crippen LogP contribution in [0.2, 0.25) is 10.0 Å². The molecule has 0 spiro atoms. The molecule has 0 aliphatic carbocycles. The molecule has 0 fully saturated rings. The van der Waals surface area contributed by atoms with Gasteiger partial charge in [0.2, 0.25) is 5.91 Å². The number of nitrogens with two attached hydrogens (primary N) is 1. The van der Waals surface area contributed by atoms with Gasteiger partial charge in [-0.05, 0) is 36.8 Å². The Labute approximate surface area is 125 Å². The van der Waals surface area contributed by atoms with Crippen LogP contribution in [0.5, 0.6) is 0 Å². The molecule has 0 radical (unpaired) electrons. The Hall–Kier alpha value is -1.30. The zero-order valence-electron chi connectivity index (χ0n) is 9.96. The molecular formula is C12H11Cl2N3OS. The summed E-state index contributed by atoms with van der Waals surface area (Å²) in [5.74, 6) is -0.518. The summed E-state index contributed by atoms with van der Waals surface area (Å²) in [5, 5.41) is 7.16. The van der Waals surface area contributed by atoms with Crippen molar-refractivity contribution < 1.29 is 4.79 Å². The van der Waals surface area contributed by atoms with Gasteiger partial charge in [0.25, 0.3) is 0 Å². The van der Waals surface area contributed by atoms with E-state index in [4.69, 9.17) is 41.2 Å². The van der Waals surface area contributed by atoms with Crippen molar-refractivity contribution in [1.29, 1.82) is 0 Å². The molecule has 0 aromatic heterocycles. The maximum atomic E-state index is 11.6. The number of hydrogen-bond donors (Lipinski definition) is 3. The van der Waals surface area contributed by atoms with Crippen LogP contribution in [0.3, 0.4) is 0 Å². The Bertz CT molecular complexity index is 601. The number of hydrogen-bond acceptors (Lipinski definition) is 2. The van der Waals surface area contributed by atoms with Gasteiger partial charge < -0.3 is 16.4 Å². The minimum atomic E-state index is -0.518. The van der Waals surface area contributed by atoms with Gasteiger partial charge in [-0.15, -0.1) is 0 Å². The van der Waals surface area contributed by atoms with Gasteiger partial charge in [0.1, 0.15) is 0 Å². The van der Waals surface area contributed by atoms with E-state index in [1.54, 1.807) is 25.1 Å². The minimum absolute atomic E-state index is 0.409. The average molecular weight is 316 g/mol. The van der Waals surface area contributed by atoms with Gasteiger partial charge in [-0.25, -0.2) is 0 Å². The lowest BCUT2D eigenvalue weighted by molar-refractivity contribution is -0.115. The maximum absolute atomic E-state index is 11.6. The fourth-order valence-corrected chi connectivity index (χ4v) is 2.54. The predicted molar refractivity (Wildman–Crippen MR) is 80.0 cm³/mol. The summed E-state index contributed by atoms with van der Waals surface area (Å²) in [7, 11) is 0. The molecule has 4 nitrogen and oxygen atoms in total. The van der Waals surface area contributed by atoms with E-state index in [0.29, 0.717) is 26.4 Å². The largest absolute Gasteiger partial charge is 0.366 e. The highest BCUT2D eigenvalue weighted by Gasteiger charge is 2.28. The van der Waals surface area contributed by atoms with E-state index < -0.39 is 11.9 Å². The van der Waals surface area contributed by atoms with Crippen molar-refractivity contribution in [3.05, 3.63) is 45.1 Å². The molecule has 0 saturated heterocycles. The molecule has 1 aromatic carbocycles. The molecule has 1 unspecified atom stereocenters. The fourth-order valence-electron chi connectivity index (χ4n) is 1.96. The topological polar surface area (TPSA) is 67.2 Å². The molecule has 1 aromatic rings. The van der Waals surface area contributed by atoms with E-state index in [1.165, 1.54) is 0 Å². The van der Waals surface area contributed by atoms with E-state index in [1.807, 2.05) is 0 Å². The summed E-state index contributed by atoms with van der Waals surface area (Å²) in [6.45, 7) is 1.75. The van der Waals surface area contributed by atoms with E-state index >= 15 is 0 Å². The van der Waals surface area contributed by atoms with Crippen LogP contribution in [0.1, 0.15) is 18.5 Å². The first kappa shape index (κ1) is 14.1. The number of thiocarbonyl (C=S) groups is 1. The summed E-state index contributed by atoms with van der Waals surface area (Å²) in [5.41, 5.74) is 7.24. The van der Waals surface area contributed by atoms with Crippen LogP contribution < -0.4 is 16.4 Å². The van der Waals surface area contributed by atoms with Gasteiger partial charge in [-0.3, -0.25) is 4.79 Å². The quantitative estimate of drug-likeness (QED) is 0.732. The van der Waals surface area contributed by atoms with Crippen LogP contribution in [0, 0.1) is 0 Å². The molecule has 1 aliphatic rings. The Morgan fingerprint density at radius 1 is 1.37 bits per heavy atom. The zero-order valence-corrected chi connectivity index (χ0v) is 12.3. The predicted octanol–water partition coefficient (Wildman–Crippen LogP) is 2.27. The molecule has 1 heterocycles. The minimum Gasteiger partial charge on any atom is -0.366 e. The lowest BCUT2D eigenvalue weighted by Gasteiger charge is -2.29. The van der Waals surface area contributed by atoms with Crippen molar-refractivity contribution in [2.45, 2.75) is 13.0 Å². The standard InChI is InChI=1S/C12H11Cl2N3OS/c1-5-9(11(15)18)10(17-12(19)16-5)6-2-3-7(13)8(14)4-6/h2-4,10H,1H3,(H2,15,18)(H2,16,17,19). The zero-order chi connectivity index (χ0) is 14.2. The van der Waals surface area contributed by atoms with Gasteiger partial charge in [0.15, 0.2) is 5.11 Å². The smallest absolute Gasteiger partial charge is 0.248 e. The number of carbonyl (C=O) groups is 1. The lowest BCUT2D eigenvalue weighted by Crippen LogP contribution is -2.46. The summed E-state index contributed by atoms with van der Waals surface area (Å²) in [6.07, 6.45) is 0. The number of rotatable bonds is 2. The number of primary amides is 1. The summed E-state index contributed by atoms with van der Waals surface area (Å²) in [4.78, 5) is 11.6. The number of carbonyl (C=O) groups excluding carboxylic acids is 1. The Kier molecular flexibility index (Phi) is 3.99. The maximum Gasteiger partial charge on any atom is 0.248 e. The van der Waals surface area contributed by atoms with Crippen LogP contribution in [0.4, 0.5) is 0 Å². The van der Waals surface area contributed by atoms with Crippen molar-refractivity contribution in [3.63, 3.8) is 0 Å². The van der Waals surface area contributed by atoms with Gasteiger partial charge in [0, 0.05) is 5.70 Å². The van der Waals surface area contributed by atoms with Crippen LogP contribution >= 0.6 is 35.4 Å². The van der Waals surface area contributed by atoms with Crippen molar-refractivity contribution in [2.24, 2.45) is 5.73 Å². The first-order valence-corrected chi connectivity index (χ1v) is 6.59. The monoisotopic (exact) mass is 315 g/mol. The Morgan fingerprint density at radius 3 is 2.63 bits per heavy atom. The molecule has 2 rings (SSSR count). The summed E-state index contributed by atoms with van der Waals surface area (Å²) in [6, 6.07) is 4.70. The van der Waals surface area contributed by atoms with E-state index in [9.17, 15) is 4.79 Å². The third kappa shape index (κ3) is 2.83. The second kappa shape index (κ2) is 5.36. The van der Waals surface area contributed by atoms with E-state index in [2.05, 4.69) is 10.6 Å². The number of allylic oxidation sites excluding steroid dienone is 1. The molecule has 4 N–H and O–H groups in total. The van der Waals surface area contributed by atoms with Crippen molar-refractivity contribution >= 4 is 46.4 Å². The Morgan fingerprint density at radius 2 is 2.05 bits per heavy atom. The molecule has 1 atom stereocenters. The summed E-state index contributed by atoms with van der Waals surface area (Å²) >= 11 is 17.0. The summed E-state index contributed by atoms with van der Waals surface area (Å²) < 4.78 is 0. The number of nitrogens with one attached hydrogen (secondary N) is 2. The van der Waals surface area contributed by atoms with Gasteiger partial charge in [-0.1, -0.05) is 29.3 Å². The second-order valence-corrected chi connectivity index (χ2v) is 5.33. The molecule has 7 heteroatoms. The molecule has 100 valence electrons. The van der Waals surface area contributed by atoms with Crippen molar-refractivity contribution in [1.82, 2.24) is 10.6 Å². The van der Waals surface area contributed by atoms with E-state index in [0.717, 1.165) is 5.56 Å². The van der Waals surface area contributed by atoms with Crippen LogP contribution in [0.25, 0.3) is 0 Å². The molecule has 1 aliphatic heterocycles. The average Bonchev–Trinajstić information content (AvgIpc) is 2.31. The van der Waals surface area contributed by atoms with Crippen LogP contribution in [-0.4, -0.2) is 11.0 Å². The number of amides is 1. The van der Waals surface area contributed by atoms with Gasteiger partial charge >= 0.3 is 0 Å². The molecular weight excluding hydrogens is 305 g/mol. The van der Waals surface area contributed by atoms with Gasteiger partial charge in [0.05, 0.1) is 21.7 Å². The third-order valence-corrected chi connectivity index (χ3v) is 3.77. The molecule has 0 saturated carbocycles. The fraction of sp³-hybridized carbons (Fsp3) is 0.167. The van der Waals surface area contributed by atoms with Gasteiger partial charge in [-0.2, -0.15) is 0 Å². The highest BCUT2D eigenvalue weighted by molar-refractivity contribution is 7.80. The van der Waals surface area contributed by atoms with Crippen molar-refractivity contribution in [2.75, 3.05) is 0 Å². The number of benzene rings is 1. The van der Waals surface area contributed by atoms with Crippen molar-refractivity contribution in [3.8, 4) is 0 Å². The normalized spacial score (nSPS) is 18.9. The number of halogens is 2. The van der Waals surface area contributed by atoms with E-state index in [-0.39, 0.29) is 0 Å². The molecule has 19 heavy (non-hydrogen) atoms. The third-order valence-electron chi connectivity index (χ3n) is 2.81. The lowest BCUT2D eigenvalue weighted by atomic mass is 9.95. The highest BCUT2D eigenvalue weighted by Crippen LogP contribution is 2.30. The Balaban J connectivity index is 2.51. The molecule has 0 bridgehead atoms. The second-order valence-electron chi connectivity index (χ2n) is 4.11. The SMILES string of the molecule is CC1=C(C(N)=O)C(c2ccc(Cl)c(Cl)c2)NC(=S)N1. The highest BCUT2D eigenvalue weighted by atomic mass is 35.5. The van der Waals surface area contributed by atoms with Crippen LogP contribution in [-0.2, 0) is 4.79 Å². The first-order chi connectivity index (χ1) is 8.90. The molecule has 1 amide bonds. The van der Waals surface area contributed by atoms with Crippen LogP contribution in [0.15, 0.2) is 29.5 Å². The first-order valence-electron chi connectivity index (χ1n) is 5.43.